The normalized spacial score (nSPS) is 11.4. The van der Waals surface area contributed by atoms with Gasteiger partial charge in [0.2, 0.25) is 0 Å². The van der Waals surface area contributed by atoms with E-state index in [9.17, 15) is 0 Å². The van der Waals surface area contributed by atoms with Gasteiger partial charge in [-0.15, -0.1) is 0 Å². The van der Waals surface area contributed by atoms with Gasteiger partial charge in [0.15, 0.2) is 0 Å². The fourth-order valence-corrected chi connectivity index (χ4v) is 7.54. The molecule has 0 fully saturated rings. The van der Waals surface area contributed by atoms with Gasteiger partial charge in [0, 0.05) is 70.4 Å². The molecule has 8 rings (SSSR count). The van der Waals surface area contributed by atoms with Crippen molar-refractivity contribution in [2.75, 3.05) is 22.9 Å². The molecule has 0 saturated carbocycles. The summed E-state index contributed by atoms with van der Waals surface area (Å²) < 4.78 is 9.80. The van der Waals surface area contributed by atoms with Crippen LogP contribution in [0.15, 0.2) is 140 Å². The molecular weight excluding hydrogens is 709 g/mol. The lowest BCUT2D eigenvalue weighted by molar-refractivity contribution is 0.442. The molecule has 9 heteroatoms. The third-order valence-electron chi connectivity index (χ3n) is 9.35. The molecule has 56 heavy (non-hydrogen) atoms. The molecule has 3 aromatic heterocycles. The van der Waals surface area contributed by atoms with Gasteiger partial charge >= 0.3 is 0 Å². The fraction of sp³-hybridized carbons (Fsp3) is 0.255. The second-order valence-corrected chi connectivity index (χ2v) is 15.9. The lowest BCUT2D eigenvalue weighted by Crippen LogP contribution is -2.22. The number of pyridine rings is 1. The molecule has 0 saturated heterocycles. The Balaban J connectivity index is 0.000000733. The molecule has 0 unspecified atom stereocenters. The lowest BCUT2D eigenvalue weighted by atomic mass is 9.95. The van der Waals surface area contributed by atoms with E-state index in [1.165, 1.54) is 23.1 Å². The first-order valence-electron chi connectivity index (χ1n) is 19.5. The molecule has 0 N–H and O–H groups in total. The molecule has 0 spiro atoms. The number of hydrogen-bond donors (Lipinski definition) is 0. The van der Waals surface area contributed by atoms with Crippen LogP contribution in [0.1, 0.15) is 41.5 Å². The third-order valence-corrected chi connectivity index (χ3v) is 9.88. The number of para-hydroxylation sites is 2. The van der Waals surface area contributed by atoms with E-state index in [2.05, 4.69) is 166 Å². The van der Waals surface area contributed by atoms with Crippen molar-refractivity contribution >= 4 is 56.5 Å². The Morgan fingerprint density at radius 1 is 0.518 bits per heavy atom. The average molecular weight is 759 g/mol. The molecule has 0 aliphatic heterocycles. The van der Waals surface area contributed by atoms with Gasteiger partial charge in [0.25, 0.3) is 11.7 Å². The Hall–Kier alpha value is -5.93. The largest absolute Gasteiger partial charge is 0.341 e. The third kappa shape index (κ3) is 8.79. The highest BCUT2D eigenvalue weighted by Gasteiger charge is 2.23. The minimum atomic E-state index is 0.397. The lowest BCUT2D eigenvalue weighted by Gasteiger charge is -2.27. The zero-order valence-electron chi connectivity index (χ0n) is 33.1. The molecular formula is C47H50N8S. The van der Waals surface area contributed by atoms with Crippen molar-refractivity contribution in [1.29, 1.82) is 0 Å². The summed E-state index contributed by atoms with van der Waals surface area (Å²) in [6, 6.07) is 44.6. The van der Waals surface area contributed by atoms with Crippen molar-refractivity contribution in [3.63, 3.8) is 0 Å². The summed E-state index contributed by atoms with van der Waals surface area (Å²) in [5.74, 6) is 1.41. The first-order valence-corrected chi connectivity index (χ1v) is 20.2. The van der Waals surface area contributed by atoms with Gasteiger partial charge in [-0.3, -0.25) is 4.98 Å². The Labute approximate surface area is 334 Å². The summed E-state index contributed by atoms with van der Waals surface area (Å²) in [7, 11) is 0. The molecule has 0 aliphatic carbocycles. The van der Waals surface area contributed by atoms with Gasteiger partial charge in [-0.05, 0) is 89.5 Å². The van der Waals surface area contributed by atoms with E-state index in [1.54, 1.807) is 12.4 Å². The number of anilines is 4. The second-order valence-electron chi connectivity index (χ2n) is 15.4. The molecule has 284 valence electrons. The molecule has 5 aromatic carbocycles. The minimum absolute atomic E-state index is 0.397. The van der Waals surface area contributed by atoms with Crippen LogP contribution < -0.4 is 14.2 Å². The number of aromatic nitrogens is 6. The molecule has 3 heterocycles. The number of nitrogens with zero attached hydrogens (tertiary/aromatic N) is 8. The molecule has 0 atom stereocenters. The summed E-state index contributed by atoms with van der Waals surface area (Å²) in [6.45, 7) is 16.0. The Kier molecular flexibility index (Phi) is 12.1. The standard InChI is InChI=1S/C42H45N7S.C5H5N/c1-28(2)25-47(33-13-9-7-10-14-33)35-21-17-31(18-22-35)37-39-40(44-49(43-39)27-30(5)6)38(42-41(37)45-50-46-42)32-19-23-36(24-20-32)48(26-29(3)4)34-15-11-8-12-16-34;1-2-4-6-5-3-1/h7-24,28-30H,25-27H2,1-6H3;1-5H. The highest BCUT2D eigenvalue weighted by atomic mass is 32.1. The van der Waals surface area contributed by atoms with Crippen LogP contribution in [0.5, 0.6) is 0 Å². The van der Waals surface area contributed by atoms with Crippen LogP contribution in [0.4, 0.5) is 22.7 Å². The van der Waals surface area contributed by atoms with E-state index in [0.717, 1.165) is 75.3 Å². The minimum Gasteiger partial charge on any atom is -0.341 e. The van der Waals surface area contributed by atoms with Gasteiger partial charge in [-0.2, -0.15) is 23.7 Å². The Morgan fingerprint density at radius 3 is 1.39 bits per heavy atom. The smallest absolute Gasteiger partial charge is 0.279 e. The first kappa shape index (κ1) is 38.3. The summed E-state index contributed by atoms with van der Waals surface area (Å²) in [6.07, 6.45) is 3.50. The van der Waals surface area contributed by atoms with E-state index < -0.39 is 0 Å². The van der Waals surface area contributed by atoms with Crippen molar-refractivity contribution in [1.82, 2.24) is 28.7 Å². The van der Waals surface area contributed by atoms with Gasteiger partial charge in [0.1, 0.15) is 11.0 Å². The van der Waals surface area contributed by atoms with Crippen molar-refractivity contribution in [2.24, 2.45) is 17.8 Å². The highest BCUT2D eigenvalue weighted by molar-refractivity contribution is 7.00. The van der Waals surface area contributed by atoms with E-state index in [4.69, 9.17) is 18.9 Å². The maximum Gasteiger partial charge on any atom is 0.279 e. The molecule has 0 radical (unpaired) electrons. The summed E-state index contributed by atoms with van der Waals surface area (Å²) >= 11 is 1.24. The van der Waals surface area contributed by atoms with Crippen molar-refractivity contribution in [3.05, 3.63) is 140 Å². The highest BCUT2D eigenvalue weighted by Crippen LogP contribution is 2.42. The molecule has 0 aliphatic rings. The van der Waals surface area contributed by atoms with E-state index >= 15 is 0 Å². The first-order chi connectivity index (χ1) is 27.3. The van der Waals surface area contributed by atoms with Crippen LogP contribution in [0.3, 0.4) is 0 Å². The molecule has 0 bridgehead atoms. The van der Waals surface area contributed by atoms with Crippen LogP contribution in [-0.4, -0.2) is 37.4 Å². The zero-order valence-corrected chi connectivity index (χ0v) is 33.9. The monoisotopic (exact) mass is 758 g/mol. The van der Waals surface area contributed by atoms with Crippen LogP contribution >= 0.6 is 11.7 Å². The SMILES string of the molecule is CC(C)CN(c1ccccc1)c1ccc(-c2c3nn(CC(C)C)nc3c(-c3ccc(N(CC(C)C)c4ccccc4)cc3)c3[n-][s+]nc23)cc1.c1ccncc1. The Bertz CT molecular complexity index is 2250. The summed E-state index contributed by atoms with van der Waals surface area (Å²) in [4.78, 5) is 10.4. The number of rotatable bonds is 12. The fourth-order valence-electron chi connectivity index (χ4n) is 6.98. The van der Waals surface area contributed by atoms with E-state index in [1.807, 2.05) is 23.0 Å². The predicted octanol–water partition coefficient (Wildman–Crippen LogP) is 11.9. The summed E-state index contributed by atoms with van der Waals surface area (Å²) in [5.41, 5.74) is 12.2. The Morgan fingerprint density at radius 2 is 0.964 bits per heavy atom. The maximum atomic E-state index is 5.13. The number of benzene rings is 5. The van der Waals surface area contributed by atoms with Gasteiger partial charge in [-0.25, -0.2) is 0 Å². The number of fused-ring (bicyclic) bond motifs is 2. The molecule has 0 amide bonds. The maximum absolute atomic E-state index is 5.13. The van der Waals surface area contributed by atoms with Gasteiger partial charge < -0.3 is 9.80 Å². The van der Waals surface area contributed by atoms with Gasteiger partial charge in [-0.1, -0.05) is 108 Å². The van der Waals surface area contributed by atoms with Crippen LogP contribution in [-0.2, 0) is 6.54 Å². The van der Waals surface area contributed by atoms with E-state index in [-0.39, 0.29) is 0 Å². The zero-order chi connectivity index (χ0) is 39.0. The summed E-state index contributed by atoms with van der Waals surface area (Å²) in [5, 5.41) is 10.3. The van der Waals surface area contributed by atoms with Crippen LogP contribution in [0.25, 0.3) is 44.3 Å². The van der Waals surface area contributed by atoms with Crippen molar-refractivity contribution < 1.29 is 0 Å². The molecule has 8 aromatic rings. The average Bonchev–Trinajstić information content (AvgIpc) is 3.87. The van der Waals surface area contributed by atoms with Crippen LogP contribution in [0, 0.1) is 17.8 Å². The second kappa shape index (κ2) is 17.7. The predicted molar refractivity (Wildman–Crippen MR) is 235 cm³/mol. The number of hydrogen-bond acceptors (Lipinski definition) is 6. The van der Waals surface area contributed by atoms with Crippen molar-refractivity contribution in [3.8, 4) is 22.3 Å². The topological polar surface area (TPSA) is 77.1 Å². The quantitative estimate of drug-likeness (QED) is 0.115. The van der Waals surface area contributed by atoms with Crippen LogP contribution in [0.2, 0.25) is 0 Å². The molecule has 8 nitrogen and oxygen atoms in total. The van der Waals surface area contributed by atoms with Crippen molar-refractivity contribution in [2.45, 2.75) is 48.1 Å². The van der Waals surface area contributed by atoms with E-state index in [0.29, 0.717) is 17.8 Å². The van der Waals surface area contributed by atoms with Gasteiger partial charge in [0.05, 0.1) is 6.54 Å².